The first-order chi connectivity index (χ1) is 6.65. The summed E-state index contributed by atoms with van der Waals surface area (Å²) in [6.07, 6.45) is 1.62. The molecule has 1 atom stereocenters. The summed E-state index contributed by atoms with van der Waals surface area (Å²) in [5.41, 5.74) is 9.72. The lowest BCUT2D eigenvalue weighted by Crippen LogP contribution is -2.12. The van der Waals surface area contributed by atoms with Gasteiger partial charge in [-0.05, 0) is 37.8 Å². The van der Waals surface area contributed by atoms with Gasteiger partial charge in [0.2, 0.25) is 0 Å². The average Bonchev–Trinajstić information content (AvgIpc) is 2.18. The van der Waals surface area contributed by atoms with Crippen LogP contribution in [0.25, 0.3) is 0 Å². The molecule has 0 aliphatic heterocycles. The van der Waals surface area contributed by atoms with E-state index < -0.39 is 0 Å². The molecule has 3 N–H and O–H groups in total. The van der Waals surface area contributed by atoms with Crippen molar-refractivity contribution in [3.8, 4) is 0 Å². The van der Waals surface area contributed by atoms with Crippen LogP contribution in [-0.2, 0) is 0 Å². The smallest absolute Gasteiger partial charge is 0.0431 e. The van der Waals surface area contributed by atoms with E-state index in [1.807, 2.05) is 0 Å². The Hall–Kier alpha value is -0.860. The van der Waals surface area contributed by atoms with Crippen LogP contribution in [0.2, 0.25) is 0 Å². The van der Waals surface area contributed by atoms with Gasteiger partial charge in [-0.15, -0.1) is 0 Å². The van der Waals surface area contributed by atoms with Crippen molar-refractivity contribution in [1.82, 2.24) is 0 Å². The quantitative estimate of drug-likeness (QED) is 0.769. The Morgan fingerprint density at radius 2 is 2.07 bits per heavy atom. The third kappa shape index (κ3) is 2.82. The second-order valence-electron chi connectivity index (χ2n) is 3.83. The van der Waals surface area contributed by atoms with Crippen molar-refractivity contribution in [2.45, 2.75) is 32.7 Å². The zero-order chi connectivity index (χ0) is 10.6. The summed E-state index contributed by atoms with van der Waals surface area (Å²) in [6.45, 7) is 4.37. The number of nitrogens with two attached hydrogens (primary N) is 1. The van der Waals surface area contributed by atoms with Crippen molar-refractivity contribution in [2.75, 3.05) is 6.61 Å². The molecule has 14 heavy (non-hydrogen) atoms. The highest BCUT2D eigenvalue weighted by Gasteiger charge is 2.08. The summed E-state index contributed by atoms with van der Waals surface area (Å²) in [6, 6.07) is 6.39. The van der Waals surface area contributed by atoms with Crippen LogP contribution < -0.4 is 5.73 Å². The van der Waals surface area contributed by atoms with E-state index >= 15 is 0 Å². The standard InChI is InChI=1S/C12H19NO/c1-9-5-6-10(2)11(8-9)12(13)4-3-7-14/h5-6,8,12,14H,3-4,7,13H2,1-2H3/t12-/m0/s1. The van der Waals surface area contributed by atoms with E-state index in [0.717, 1.165) is 12.8 Å². The first kappa shape index (κ1) is 11.2. The minimum atomic E-state index is 0.0575. The largest absolute Gasteiger partial charge is 0.396 e. The molecule has 0 aliphatic rings. The molecular weight excluding hydrogens is 174 g/mol. The maximum Gasteiger partial charge on any atom is 0.0431 e. The van der Waals surface area contributed by atoms with E-state index in [0.29, 0.717) is 0 Å². The van der Waals surface area contributed by atoms with Crippen molar-refractivity contribution < 1.29 is 5.11 Å². The van der Waals surface area contributed by atoms with Crippen LogP contribution >= 0.6 is 0 Å². The van der Waals surface area contributed by atoms with Gasteiger partial charge in [0.05, 0.1) is 0 Å². The third-order valence-electron chi connectivity index (χ3n) is 2.51. The van der Waals surface area contributed by atoms with Crippen LogP contribution in [0, 0.1) is 13.8 Å². The van der Waals surface area contributed by atoms with Crippen LogP contribution in [0.1, 0.15) is 35.6 Å². The molecule has 0 aromatic heterocycles. The van der Waals surface area contributed by atoms with Gasteiger partial charge in [-0.25, -0.2) is 0 Å². The maximum absolute atomic E-state index is 8.73. The Morgan fingerprint density at radius 1 is 1.36 bits per heavy atom. The highest BCUT2D eigenvalue weighted by atomic mass is 16.2. The predicted molar refractivity (Wildman–Crippen MR) is 59.2 cm³/mol. The molecule has 0 heterocycles. The number of aliphatic hydroxyl groups is 1. The topological polar surface area (TPSA) is 46.2 Å². The first-order valence-corrected chi connectivity index (χ1v) is 5.08. The summed E-state index contributed by atoms with van der Waals surface area (Å²) in [7, 11) is 0. The Bertz CT molecular complexity index is 296. The van der Waals surface area contributed by atoms with Gasteiger partial charge in [-0.3, -0.25) is 0 Å². The second-order valence-corrected chi connectivity index (χ2v) is 3.83. The molecule has 0 saturated heterocycles. The van der Waals surface area contributed by atoms with E-state index in [9.17, 15) is 0 Å². The lowest BCUT2D eigenvalue weighted by atomic mass is 9.96. The Kier molecular flexibility index (Phi) is 4.11. The fraction of sp³-hybridized carbons (Fsp3) is 0.500. The molecule has 2 nitrogen and oxygen atoms in total. The zero-order valence-corrected chi connectivity index (χ0v) is 8.96. The molecule has 0 aliphatic carbocycles. The van der Waals surface area contributed by atoms with E-state index in [1.165, 1.54) is 16.7 Å². The third-order valence-corrected chi connectivity index (χ3v) is 2.51. The molecule has 1 aromatic rings. The summed E-state index contributed by atoms with van der Waals surface area (Å²) in [5, 5.41) is 8.73. The van der Waals surface area contributed by atoms with Crippen LogP contribution in [0.5, 0.6) is 0 Å². The van der Waals surface area contributed by atoms with E-state index in [1.54, 1.807) is 0 Å². The summed E-state index contributed by atoms with van der Waals surface area (Å²) >= 11 is 0. The van der Waals surface area contributed by atoms with Gasteiger partial charge in [-0.1, -0.05) is 23.8 Å². The molecule has 0 fully saturated rings. The van der Waals surface area contributed by atoms with Gasteiger partial charge in [0.15, 0.2) is 0 Å². The molecule has 1 aromatic carbocycles. The average molecular weight is 193 g/mol. The van der Waals surface area contributed by atoms with Crippen molar-refractivity contribution in [2.24, 2.45) is 5.73 Å². The van der Waals surface area contributed by atoms with Gasteiger partial charge >= 0.3 is 0 Å². The minimum Gasteiger partial charge on any atom is -0.396 e. The molecular formula is C12H19NO. The Balaban J connectivity index is 2.77. The molecule has 0 bridgehead atoms. The van der Waals surface area contributed by atoms with Crippen LogP contribution in [0.15, 0.2) is 18.2 Å². The first-order valence-electron chi connectivity index (χ1n) is 5.08. The number of benzene rings is 1. The van der Waals surface area contributed by atoms with Crippen molar-refractivity contribution in [3.05, 3.63) is 34.9 Å². The predicted octanol–water partition coefficient (Wildman–Crippen LogP) is 2.08. The van der Waals surface area contributed by atoms with Gasteiger partial charge in [0, 0.05) is 12.6 Å². The number of hydrogen-bond acceptors (Lipinski definition) is 2. The molecule has 0 radical (unpaired) electrons. The second kappa shape index (κ2) is 5.13. The molecule has 78 valence electrons. The molecule has 1 rings (SSSR count). The van der Waals surface area contributed by atoms with Crippen molar-refractivity contribution in [3.63, 3.8) is 0 Å². The van der Waals surface area contributed by atoms with Crippen LogP contribution in [0.3, 0.4) is 0 Å². The maximum atomic E-state index is 8.73. The number of rotatable bonds is 4. The Morgan fingerprint density at radius 3 is 2.71 bits per heavy atom. The normalized spacial score (nSPS) is 12.9. The lowest BCUT2D eigenvalue weighted by Gasteiger charge is -2.14. The van der Waals surface area contributed by atoms with Gasteiger partial charge in [0.25, 0.3) is 0 Å². The van der Waals surface area contributed by atoms with E-state index in [-0.39, 0.29) is 12.6 Å². The van der Waals surface area contributed by atoms with Gasteiger partial charge in [-0.2, -0.15) is 0 Å². The van der Waals surface area contributed by atoms with Crippen LogP contribution in [0.4, 0.5) is 0 Å². The fourth-order valence-corrected chi connectivity index (χ4v) is 1.63. The molecule has 0 saturated carbocycles. The highest BCUT2D eigenvalue weighted by molar-refractivity contribution is 5.32. The minimum absolute atomic E-state index is 0.0575. The molecule has 0 amide bonds. The Labute approximate surface area is 85.8 Å². The number of hydrogen-bond donors (Lipinski definition) is 2. The summed E-state index contributed by atoms with van der Waals surface area (Å²) < 4.78 is 0. The lowest BCUT2D eigenvalue weighted by molar-refractivity contribution is 0.280. The molecule has 0 spiro atoms. The fourth-order valence-electron chi connectivity index (χ4n) is 1.63. The van der Waals surface area contributed by atoms with E-state index in [4.69, 9.17) is 10.8 Å². The summed E-state index contributed by atoms with van der Waals surface area (Å²) in [5.74, 6) is 0. The highest BCUT2D eigenvalue weighted by Crippen LogP contribution is 2.20. The van der Waals surface area contributed by atoms with Crippen molar-refractivity contribution >= 4 is 0 Å². The monoisotopic (exact) mass is 193 g/mol. The molecule has 2 heteroatoms. The van der Waals surface area contributed by atoms with Gasteiger partial charge < -0.3 is 10.8 Å². The SMILES string of the molecule is Cc1ccc(C)c([C@@H](N)CCCO)c1. The van der Waals surface area contributed by atoms with E-state index in [2.05, 4.69) is 32.0 Å². The zero-order valence-electron chi connectivity index (χ0n) is 8.96. The number of aliphatic hydroxyl groups excluding tert-OH is 1. The summed E-state index contributed by atoms with van der Waals surface area (Å²) in [4.78, 5) is 0. The van der Waals surface area contributed by atoms with Gasteiger partial charge in [0.1, 0.15) is 0 Å². The van der Waals surface area contributed by atoms with Crippen LogP contribution in [-0.4, -0.2) is 11.7 Å². The van der Waals surface area contributed by atoms with Crippen molar-refractivity contribution in [1.29, 1.82) is 0 Å². The molecule has 0 unspecified atom stereocenters. The number of aryl methyl sites for hydroxylation is 2.